The quantitative estimate of drug-likeness (QED) is 0.347. The monoisotopic (exact) mass is 361 g/mol. The summed E-state index contributed by atoms with van der Waals surface area (Å²) in [6, 6.07) is 5.02. The van der Waals surface area contributed by atoms with Gasteiger partial charge in [-0.15, -0.1) is 0 Å². The van der Waals surface area contributed by atoms with E-state index in [-0.39, 0.29) is 19.4 Å². The minimum atomic E-state index is -1.16. The number of aliphatic carboxylic acids is 1. The van der Waals surface area contributed by atoms with Crippen LogP contribution in [0, 0.1) is 0 Å². The van der Waals surface area contributed by atoms with Gasteiger partial charge in [-0.25, -0.2) is 9.59 Å². The number of nitrogens with two attached hydrogens (primary N) is 2. The van der Waals surface area contributed by atoms with Crippen LogP contribution in [0.15, 0.2) is 30.5 Å². The van der Waals surface area contributed by atoms with E-state index in [0.717, 1.165) is 16.5 Å². The van der Waals surface area contributed by atoms with Crippen molar-refractivity contribution in [1.29, 1.82) is 0 Å². The summed E-state index contributed by atoms with van der Waals surface area (Å²) in [5, 5.41) is 15.0. The molecule has 2 rings (SSSR count). The molecule has 2 atom stereocenters. The highest BCUT2D eigenvalue weighted by Gasteiger charge is 2.23. The first-order chi connectivity index (χ1) is 12.4. The van der Waals surface area contributed by atoms with E-state index in [1.54, 1.807) is 6.20 Å². The third kappa shape index (κ3) is 5.21. The topological polar surface area (TPSA) is 163 Å². The average Bonchev–Trinajstić information content (AvgIpc) is 3.00. The SMILES string of the molecule is NC(=O)NCCCC(NC(=O)C(N)Cc1c[nH]c2ccccc12)C(=O)O. The maximum absolute atomic E-state index is 12.3. The highest BCUT2D eigenvalue weighted by molar-refractivity contribution is 5.88. The Balaban J connectivity index is 1.91. The zero-order valence-electron chi connectivity index (χ0n) is 14.2. The number of aromatic nitrogens is 1. The first-order valence-corrected chi connectivity index (χ1v) is 8.25. The Morgan fingerprint density at radius 1 is 1.23 bits per heavy atom. The lowest BCUT2D eigenvalue weighted by molar-refractivity contribution is -0.142. The van der Waals surface area contributed by atoms with Crippen LogP contribution in [-0.2, 0) is 16.0 Å². The number of fused-ring (bicyclic) bond motifs is 1. The fourth-order valence-corrected chi connectivity index (χ4v) is 2.68. The van der Waals surface area contributed by atoms with Gasteiger partial charge >= 0.3 is 12.0 Å². The molecule has 0 bridgehead atoms. The van der Waals surface area contributed by atoms with Gasteiger partial charge in [-0.05, 0) is 30.9 Å². The zero-order valence-corrected chi connectivity index (χ0v) is 14.2. The molecule has 0 aliphatic rings. The molecule has 0 fully saturated rings. The predicted molar refractivity (Wildman–Crippen MR) is 96.4 cm³/mol. The number of aromatic amines is 1. The molecule has 1 heterocycles. The molecule has 0 saturated heterocycles. The average molecular weight is 361 g/mol. The van der Waals surface area contributed by atoms with E-state index in [0.29, 0.717) is 6.42 Å². The van der Waals surface area contributed by atoms with Crippen molar-refractivity contribution in [1.82, 2.24) is 15.6 Å². The van der Waals surface area contributed by atoms with Crippen molar-refractivity contribution in [2.24, 2.45) is 11.5 Å². The van der Waals surface area contributed by atoms with Gasteiger partial charge in [-0.2, -0.15) is 0 Å². The summed E-state index contributed by atoms with van der Waals surface area (Å²) in [5.74, 6) is -1.69. The summed E-state index contributed by atoms with van der Waals surface area (Å²) in [7, 11) is 0. The van der Waals surface area contributed by atoms with Crippen LogP contribution >= 0.6 is 0 Å². The number of carbonyl (C=O) groups excluding carboxylic acids is 2. The fraction of sp³-hybridized carbons (Fsp3) is 0.353. The van der Waals surface area contributed by atoms with E-state index >= 15 is 0 Å². The van der Waals surface area contributed by atoms with Gasteiger partial charge in [0.05, 0.1) is 6.04 Å². The Morgan fingerprint density at radius 2 is 1.96 bits per heavy atom. The number of H-pyrrole nitrogens is 1. The van der Waals surface area contributed by atoms with Crippen molar-refractivity contribution >= 4 is 28.8 Å². The van der Waals surface area contributed by atoms with Crippen LogP contribution in [-0.4, -0.2) is 46.6 Å². The van der Waals surface area contributed by atoms with Gasteiger partial charge in [-0.1, -0.05) is 18.2 Å². The maximum Gasteiger partial charge on any atom is 0.326 e. The highest BCUT2D eigenvalue weighted by Crippen LogP contribution is 2.18. The van der Waals surface area contributed by atoms with Crippen molar-refractivity contribution in [2.75, 3.05) is 6.54 Å². The van der Waals surface area contributed by atoms with Crippen LogP contribution in [0.3, 0.4) is 0 Å². The van der Waals surface area contributed by atoms with Crippen molar-refractivity contribution < 1.29 is 19.5 Å². The third-order valence-corrected chi connectivity index (χ3v) is 4.03. The predicted octanol–water partition coefficient (Wildman–Crippen LogP) is 0.0556. The minimum Gasteiger partial charge on any atom is -0.480 e. The van der Waals surface area contributed by atoms with Crippen LogP contribution in [0.4, 0.5) is 4.79 Å². The molecular weight excluding hydrogens is 338 g/mol. The van der Waals surface area contributed by atoms with Crippen molar-refractivity contribution in [3.63, 3.8) is 0 Å². The van der Waals surface area contributed by atoms with Gasteiger partial charge in [0.15, 0.2) is 0 Å². The Morgan fingerprint density at radius 3 is 2.65 bits per heavy atom. The first kappa shape index (κ1) is 19.3. The van der Waals surface area contributed by atoms with Crippen LogP contribution in [0.1, 0.15) is 18.4 Å². The molecule has 1 aromatic heterocycles. The number of benzene rings is 1. The second kappa shape index (κ2) is 8.86. The summed E-state index contributed by atoms with van der Waals surface area (Å²) < 4.78 is 0. The lowest BCUT2D eigenvalue weighted by Crippen LogP contribution is -2.49. The second-order valence-corrected chi connectivity index (χ2v) is 6.00. The van der Waals surface area contributed by atoms with Gasteiger partial charge in [-0.3, -0.25) is 4.79 Å². The van der Waals surface area contributed by atoms with Gasteiger partial charge in [0.25, 0.3) is 0 Å². The number of primary amides is 1. The number of carboxylic acid groups (broad SMARTS) is 1. The summed E-state index contributed by atoms with van der Waals surface area (Å²) in [4.78, 5) is 37.3. The number of hydrogen-bond acceptors (Lipinski definition) is 4. The van der Waals surface area contributed by atoms with Crippen LogP contribution in [0.2, 0.25) is 0 Å². The molecule has 0 radical (unpaired) electrons. The number of carbonyl (C=O) groups is 3. The summed E-state index contributed by atoms with van der Waals surface area (Å²) >= 11 is 0. The minimum absolute atomic E-state index is 0.154. The van der Waals surface area contributed by atoms with Crippen molar-refractivity contribution in [2.45, 2.75) is 31.3 Å². The standard InChI is InChI=1S/C17H23N5O4/c18-12(8-10-9-21-13-5-2-1-4-11(10)13)15(23)22-14(16(24)25)6-3-7-20-17(19)26/h1-2,4-5,9,12,14,21H,3,6-8,18H2,(H,22,23)(H,24,25)(H3,19,20,26). The molecule has 0 saturated carbocycles. The molecule has 2 unspecified atom stereocenters. The number of hydrogen-bond donors (Lipinski definition) is 6. The lowest BCUT2D eigenvalue weighted by Gasteiger charge is -2.18. The van der Waals surface area contributed by atoms with Crippen molar-refractivity contribution in [3.05, 3.63) is 36.0 Å². The number of amides is 3. The van der Waals surface area contributed by atoms with E-state index in [1.165, 1.54) is 0 Å². The smallest absolute Gasteiger partial charge is 0.326 e. The normalized spacial score (nSPS) is 13.1. The molecule has 3 amide bonds. The molecule has 0 spiro atoms. The molecule has 140 valence electrons. The third-order valence-electron chi connectivity index (χ3n) is 4.03. The van der Waals surface area contributed by atoms with Crippen LogP contribution in [0.5, 0.6) is 0 Å². The van der Waals surface area contributed by atoms with E-state index in [1.807, 2.05) is 24.3 Å². The van der Waals surface area contributed by atoms with Gasteiger partial charge < -0.3 is 32.2 Å². The molecule has 26 heavy (non-hydrogen) atoms. The maximum atomic E-state index is 12.3. The molecule has 0 aliphatic heterocycles. The molecule has 9 nitrogen and oxygen atoms in total. The van der Waals surface area contributed by atoms with Gasteiger partial charge in [0.2, 0.25) is 5.91 Å². The second-order valence-electron chi connectivity index (χ2n) is 6.00. The van der Waals surface area contributed by atoms with E-state index in [9.17, 15) is 19.5 Å². The molecule has 2 aromatic rings. The molecule has 8 N–H and O–H groups in total. The summed E-state index contributed by atoms with van der Waals surface area (Å²) in [6.45, 7) is 0.233. The zero-order chi connectivity index (χ0) is 19.1. The number of urea groups is 1. The number of carboxylic acids is 1. The Hall–Kier alpha value is -3.07. The van der Waals surface area contributed by atoms with Crippen LogP contribution < -0.4 is 22.1 Å². The van der Waals surface area contributed by atoms with E-state index < -0.39 is 30.0 Å². The number of para-hydroxylation sites is 1. The lowest BCUT2D eigenvalue weighted by atomic mass is 10.0. The highest BCUT2D eigenvalue weighted by atomic mass is 16.4. The summed E-state index contributed by atoms with van der Waals surface area (Å²) in [6.07, 6.45) is 2.59. The van der Waals surface area contributed by atoms with Crippen LogP contribution in [0.25, 0.3) is 10.9 Å². The fourth-order valence-electron chi connectivity index (χ4n) is 2.68. The van der Waals surface area contributed by atoms with Gasteiger partial charge in [0, 0.05) is 23.6 Å². The van der Waals surface area contributed by atoms with E-state index in [4.69, 9.17) is 11.5 Å². The first-order valence-electron chi connectivity index (χ1n) is 8.25. The Labute approximate surface area is 150 Å². The Kier molecular flexibility index (Phi) is 6.56. The molecule has 1 aromatic carbocycles. The molecule has 0 aliphatic carbocycles. The summed E-state index contributed by atoms with van der Waals surface area (Å²) in [5.41, 5.74) is 12.7. The molecule has 9 heteroatoms. The van der Waals surface area contributed by atoms with E-state index in [2.05, 4.69) is 15.6 Å². The molecular formula is C17H23N5O4. The van der Waals surface area contributed by atoms with Gasteiger partial charge in [0.1, 0.15) is 6.04 Å². The number of nitrogens with one attached hydrogen (secondary N) is 3. The van der Waals surface area contributed by atoms with Crippen molar-refractivity contribution in [3.8, 4) is 0 Å². The number of rotatable bonds is 9. The Bertz CT molecular complexity index is 788. The largest absolute Gasteiger partial charge is 0.480 e.